The van der Waals surface area contributed by atoms with Gasteiger partial charge >= 0.3 is 0 Å². The average molecular weight is 449 g/mol. The predicted octanol–water partition coefficient (Wildman–Crippen LogP) is 2.02. The number of carbonyl (C=O) groups excluding carboxylic acids is 1. The molecule has 0 atom stereocenters. The van der Waals surface area contributed by atoms with Crippen molar-refractivity contribution < 1.29 is 13.2 Å². The molecule has 0 spiro atoms. The van der Waals surface area contributed by atoms with Crippen molar-refractivity contribution in [2.75, 3.05) is 59.4 Å². The largest absolute Gasteiger partial charge is 0.353 e. The van der Waals surface area contributed by atoms with E-state index in [1.165, 1.54) is 6.08 Å². The molecule has 1 aromatic carbocycles. The molecule has 0 bridgehead atoms. The molecule has 1 amide bonds. The van der Waals surface area contributed by atoms with Gasteiger partial charge in [-0.25, -0.2) is 8.42 Å². The topological polar surface area (TPSA) is 73.0 Å². The highest BCUT2D eigenvalue weighted by Gasteiger charge is 2.24. The Morgan fingerprint density at radius 3 is 2.26 bits per heavy atom. The number of piperazine rings is 1. The van der Waals surface area contributed by atoms with Crippen molar-refractivity contribution >= 4 is 22.0 Å². The molecule has 8 heteroatoms. The lowest BCUT2D eigenvalue weighted by Crippen LogP contribution is -2.45. The molecule has 7 nitrogen and oxygen atoms in total. The Labute approximate surface area is 187 Å². The lowest BCUT2D eigenvalue weighted by atomic mass is 10.2. The molecule has 31 heavy (non-hydrogen) atoms. The molecule has 2 saturated heterocycles. The normalized spacial score (nSPS) is 20.0. The standard InChI is InChI=1S/C23H36N4O3S/c1-25-17-19-26(20-18-25)14-6-13-24-23(28)12-9-21-7-10-22(11-8-21)31(29,30)27-15-4-2-3-5-16-27/h7-12H,2-6,13-20H2,1H3,(H,24,28)/b12-9+. The highest BCUT2D eigenvalue weighted by atomic mass is 32.2. The fourth-order valence-corrected chi connectivity index (χ4v) is 5.52. The van der Waals surface area contributed by atoms with E-state index >= 15 is 0 Å². The second-order valence-corrected chi connectivity index (χ2v) is 10.4. The zero-order chi connectivity index (χ0) is 22.1. The number of sulfonamides is 1. The molecule has 1 aromatic rings. The van der Waals surface area contributed by atoms with Crippen LogP contribution in [0.5, 0.6) is 0 Å². The van der Waals surface area contributed by atoms with Crippen molar-refractivity contribution in [3.05, 3.63) is 35.9 Å². The Bertz CT molecular complexity index is 823. The van der Waals surface area contributed by atoms with Crippen LogP contribution in [0.4, 0.5) is 0 Å². The van der Waals surface area contributed by atoms with E-state index in [9.17, 15) is 13.2 Å². The summed E-state index contributed by atoms with van der Waals surface area (Å²) in [6.07, 6.45) is 8.19. The van der Waals surface area contributed by atoms with Gasteiger partial charge in [-0.15, -0.1) is 0 Å². The van der Waals surface area contributed by atoms with Crippen LogP contribution in [0.25, 0.3) is 6.08 Å². The van der Waals surface area contributed by atoms with Gasteiger partial charge in [0, 0.05) is 51.9 Å². The Kier molecular flexibility index (Phi) is 9.07. The Morgan fingerprint density at radius 2 is 1.61 bits per heavy atom. The highest BCUT2D eigenvalue weighted by Crippen LogP contribution is 2.21. The molecule has 1 N–H and O–H groups in total. The third-order valence-corrected chi connectivity index (χ3v) is 7.97. The first kappa shape index (κ1) is 23.9. The fourth-order valence-electron chi connectivity index (χ4n) is 4.00. The molecule has 0 saturated carbocycles. The van der Waals surface area contributed by atoms with Crippen LogP contribution in [-0.2, 0) is 14.8 Å². The summed E-state index contributed by atoms with van der Waals surface area (Å²) in [6, 6.07) is 6.77. The van der Waals surface area contributed by atoms with Gasteiger partial charge < -0.3 is 15.1 Å². The number of hydrogen-bond acceptors (Lipinski definition) is 5. The first-order valence-electron chi connectivity index (χ1n) is 11.4. The quantitative estimate of drug-likeness (QED) is 0.487. The molecule has 0 radical (unpaired) electrons. The van der Waals surface area contributed by atoms with E-state index in [1.54, 1.807) is 34.6 Å². The molecule has 2 fully saturated rings. The van der Waals surface area contributed by atoms with Crippen molar-refractivity contribution in [2.24, 2.45) is 0 Å². The van der Waals surface area contributed by atoms with Gasteiger partial charge in [0.1, 0.15) is 0 Å². The summed E-state index contributed by atoms with van der Waals surface area (Å²) >= 11 is 0. The maximum atomic E-state index is 12.8. The molecular formula is C23H36N4O3S. The van der Waals surface area contributed by atoms with Gasteiger partial charge in [0.15, 0.2) is 0 Å². The summed E-state index contributed by atoms with van der Waals surface area (Å²) < 4.78 is 27.3. The maximum Gasteiger partial charge on any atom is 0.243 e. The maximum absolute atomic E-state index is 12.8. The van der Waals surface area contributed by atoms with Gasteiger partial charge in [-0.1, -0.05) is 25.0 Å². The Hall–Kier alpha value is -1.74. The number of nitrogens with one attached hydrogen (secondary N) is 1. The Morgan fingerprint density at radius 1 is 0.968 bits per heavy atom. The summed E-state index contributed by atoms with van der Waals surface area (Å²) in [6.45, 7) is 7.24. The van der Waals surface area contributed by atoms with Crippen molar-refractivity contribution in [3.8, 4) is 0 Å². The number of rotatable bonds is 8. The van der Waals surface area contributed by atoms with E-state index < -0.39 is 10.0 Å². The molecule has 0 aliphatic carbocycles. The number of benzene rings is 1. The summed E-state index contributed by atoms with van der Waals surface area (Å²) in [7, 11) is -1.29. The third-order valence-electron chi connectivity index (χ3n) is 6.06. The van der Waals surface area contributed by atoms with Gasteiger partial charge in [-0.2, -0.15) is 4.31 Å². The van der Waals surface area contributed by atoms with Crippen LogP contribution in [0.1, 0.15) is 37.7 Å². The first-order valence-corrected chi connectivity index (χ1v) is 12.9. The lowest BCUT2D eigenvalue weighted by molar-refractivity contribution is -0.116. The first-order chi connectivity index (χ1) is 14.9. The molecule has 0 aromatic heterocycles. The summed E-state index contributed by atoms with van der Waals surface area (Å²) in [4.78, 5) is 17.1. The number of amides is 1. The van der Waals surface area contributed by atoms with Gasteiger partial charge in [-0.05, 0) is 56.6 Å². The fraction of sp³-hybridized carbons (Fsp3) is 0.609. The van der Waals surface area contributed by atoms with Gasteiger partial charge in [-0.3, -0.25) is 4.79 Å². The minimum atomic E-state index is -3.44. The van der Waals surface area contributed by atoms with Crippen LogP contribution in [0.2, 0.25) is 0 Å². The predicted molar refractivity (Wildman–Crippen MR) is 124 cm³/mol. The molecule has 2 aliphatic heterocycles. The zero-order valence-corrected chi connectivity index (χ0v) is 19.4. The second kappa shape index (κ2) is 11.8. The summed E-state index contributed by atoms with van der Waals surface area (Å²) in [5.74, 6) is -0.125. The van der Waals surface area contributed by atoms with Crippen molar-refractivity contribution in [1.82, 2.24) is 19.4 Å². The van der Waals surface area contributed by atoms with Crippen LogP contribution in [-0.4, -0.2) is 87.8 Å². The molecule has 172 valence electrons. The molecule has 2 aliphatic rings. The second-order valence-electron chi connectivity index (χ2n) is 8.51. The van der Waals surface area contributed by atoms with Crippen LogP contribution >= 0.6 is 0 Å². The van der Waals surface area contributed by atoms with Crippen LogP contribution in [0.3, 0.4) is 0 Å². The van der Waals surface area contributed by atoms with E-state index in [1.807, 2.05) is 0 Å². The van der Waals surface area contributed by atoms with Crippen LogP contribution < -0.4 is 5.32 Å². The summed E-state index contributed by atoms with van der Waals surface area (Å²) in [5, 5.41) is 2.92. The van der Waals surface area contributed by atoms with Crippen molar-refractivity contribution in [3.63, 3.8) is 0 Å². The summed E-state index contributed by atoms with van der Waals surface area (Å²) in [5.41, 5.74) is 0.808. The molecule has 2 heterocycles. The average Bonchev–Trinajstić information content (AvgIpc) is 3.07. The van der Waals surface area contributed by atoms with E-state index in [4.69, 9.17) is 0 Å². The Balaban J connectivity index is 1.42. The number of carbonyl (C=O) groups is 1. The SMILES string of the molecule is CN1CCN(CCCNC(=O)/C=C/c2ccc(S(=O)(=O)N3CCCCCC3)cc2)CC1. The molecule has 0 unspecified atom stereocenters. The van der Waals surface area contributed by atoms with Gasteiger partial charge in [0.25, 0.3) is 0 Å². The van der Waals surface area contributed by atoms with Crippen molar-refractivity contribution in [1.29, 1.82) is 0 Å². The van der Waals surface area contributed by atoms with Crippen LogP contribution in [0, 0.1) is 0 Å². The van der Waals surface area contributed by atoms with E-state index in [0.29, 0.717) is 24.5 Å². The minimum Gasteiger partial charge on any atom is -0.353 e. The monoisotopic (exact) mass is 448 g/mol. The van der Waals surface area contributed by atoms with Crippen molar-refractivity contribution in [2.45, 2.75) is 37.0 Å². The zero-order valence-electron chi connectivity index (χ0n) is 18.6. The third kappa shape index (κ3) is 7.42. The number of nitrogens with zero attached hydrogens (tertiary/aromatic N) is 3. The van der Waals surface area contributed by atoms with Gasteiger partial charge in [0.05, 0.1) is 4.90 Å². The highest BCUT2D eigenvalue weighted by molar-refractivity contribution is 7.89. The lowest BCUT2D eigenvalue weighted by Gasteiger charge is -2.32. The van der Waals surface area contributed by atoms with E-state index in [2.05, 4.69) is 22.2 Å². The minimum absolute atomic E-state index is 0.125. The van der Waals surface area contributed by atoms with E-state index in [0.717, 1.165) is 70.4 Å². The number of hydrogen-bond donors (Lipinski definition) is 1. The number of likely N-dealkylation sites (N-methyl/N-ethyl adjacent to an activating group) is 1. The molecular weight excluding hydrogens is 412 g/mol. The molecule has 3 rings (SSSR count). The smallest absolute Gasteiger partial charge is 0.243 e. The van der Waals surface area contributed by atoms with Crippen LogP contribution in [0.15, 0.2) is 35.2 Å². The van der Waals surface area contributed by atoms with Gasteiger partial charge in [0.2, 0.25) is 15.9 Å². The van der Waals surface area contributed by atoms with E-state index in [-0.39, 0.29) is 5.91 Å².